The molecule has 0 aliphatic rings. The molecule has 0 saturated carbocycles. The quantitative estimate of drug-likeness (QED) is 0.833. The van der Waals surface area contributed by atoms with Crippen molar-refractivity contribution in [2.75, 3.05) is 7.11 Å². The van der Waals surface area contributed by atoms with Gasteiger partial charge < -0.3 is 19.6 Å². The Morgan fingerprint density at radius 1 is 1.45 bits per heavy atom. The van der Waals surface area contributed by atoms with E-state index in [9.17, 15) is 9.59 Å². The minimum absolute atomic E-state index is 0.0374. The van der Waals surface area contributed by atoms with Gasteiger partial charge in [0.1, 0.15) is 5.75 Å². The van der Waals surface area contributed by atoms with Crippen molar-refractivity contribution in [2.24, 2.45) is 5.73 Å². The van der Waals surface area contributed by atoms with Gasteiger partial charge in [-0.25, -0.2) is 14.7 Å². The highest BCUT2D eigenvalue weighted by atomic mass is 16.6. The predicted molar refractivity (Wildman–Crippen MR) is 67.2 cm³/mol. The molecular weight excluding hydrogens is 266 g/mol. The van der Waals surface area contributed by atoms with Gasteiger partial charge in [-0.3, -0.25) is 0 Å². The number of carbonyl (C=O) groups is 1. The summed E-state index contributed by atoms with van der Waals surface area (Å²) < 4.78 is 14.7. The molecule has 1 aromatic carbocycles. The zero-order chi connectivity index (χ0) is 14.5. The Labute approximate surface area is 113 Å². The number of methoxy groups -OCH3 is 1. The third kappa shape index (κ3) is 3.37. The maximum Gasteiger partial charge on any atom is 0.434 e. The number of carbonyl (C=O) groups excluding carboxylic acids is 1. The minimum Gasteiger partial charge on any atom is -0.497 e. The van der Waals surface area contributed by atoms with Gasteiger partial charge in [-0.05, 0) is 17.7 Å². The SMILES string of the molecule is COc1ccc(C[C@H](OC(N)=O)c2n[nH]c(=O)o2)cc1. The summed E-state index contributed by atoms with van der Waals surface area (Å²) in [7, 11) is 1.56. The van der Waals surface area contributed by atoms with Gasteiger partial charge in [-0.1, -0.05) is 12.1 Å². The zero-order valence-electron chi connectivity index (χ0n) is 10.7. The van der Waals surface area contributed by atoms with Gasteiger partial charge >= 0.3 is 11.8 Å². The molecule has 8 nitrogen and oxygen atoms in total. The van der Waals surface area contributed by atoms with Crippen molar-refractivity contribution in [3.05, 3.63) is 46.3 Å². The van der Waals surface area contributed by atoms with Crippen molar-refractivity contribution in [1.82, 2.24) is 10.2 Å². The number of ether oxygens (including phenoxy) is 2. The molecule has 1 atom stereocenters. The van der Waals surface area contributed by atoms with E-state index in [4.69, 9.17) is 19.6 Å². The number of amides is 1. The highest BCUT2D eigenvalue weighted by molar-refractivity contribution is 5.64. The summed E-state index contributed by atoms with van der Waals surface area (Å²) in [6.45, 7) is 0. The fraction of sp³-hybridized carbons (Fsp3) is 0.250. The van der Waals surface area contributed by atoms with Crippen LogP contribution < -0.4 is 16.2 Å². The van der Waals surface area contributed by atoms with Crippen LogP contribution in [-0.4, -0.2) is 23.4 Å². The van der Waals surface area contributed by atoms with E-state index in [1.807, 2.05) is 0 Å². The number of primary amides is 1. The standard InChI is InChI=1S/C12H13N3O5/c1-18-8-4-2-7(3-5-8)6-9(19-11(13)16)10-14-15-12(17)20-10/h2-5,9H,6H2,1H3,(H2,13,16)(H,15,17)/t9-/m0/s1. The molecule has 1 heterocycles. The average Bonchev–Trinajstić information content (AvgIpc) is 2.85. The van der Waals surface area contributed by atoms with Crippen LogP contribution in [0, 0.1) is 0 Å². The number of hydrogen-bond donors (Lipinski definition) is 2. The fourth-order valence-electron chi connectivity index (χ4n) is 1.67. The van der Waals surface area contributed by atoms with Crippen LogP contribution >= 0.6 is 0 Å². The number of rotatable bonds is 5. The summed E-state index contributed by atoms with van der Waals surface area (Å²) in [5, 5.41) is 5.74. The summed E-state index contributed by atoms with van der Waals surface area (Å²) in [6.07, 6.45) is -1.59. The van der Waals surface area contributed by atoms with Crippen molar-refractivity contribution in [3.8, 4) is 5.75 Å². The summed E-state index contributed by atoms with van der Waals surface area (Å²) in [5.41, 5.74) is 5.83. The maximum atomic E-state index is 10.9. The molecule has 1 aromatic heterocycles. The average molecular weight is 279 g/mol. The van der Waals surface area contributed by atoms with Gasteiger partial charge in [0.05, 0.1) is 7.11 Å². The van der Waals surface area contributed by atoms with Crippen molar-refractivity contribution in [3.63, 3.8) is 0 Å². The summed E-state index contributed by atoms with van der Waals surface area (Å²) in [4.78, 5) is 21.8. The van der Waals surface area contributed by atoms with Crippen LogP contribution in [-0.2, 0) is 11.2 Å². The third-order valence-corrected chi connectivity index (χ3v) is 2.57. The van der Waals surface area contributed by atoms with Gasteiger partial charge in [-0.15, -0.1) is 5.10 Å². The molecule has 0 bridgehead atoms. The van der Waals surface area contributed by atoms with E-state index in [0.717, 1.165) is 5.56 Å². The molecule has 0 saturated heterocycles. The lowest BCUT2D eigenvalue weighted by molar-refractivity contribution is 0.0886. The Balaban J connectivity index is 2.18. The molecule has 0 aliphatic carbocycles. The third-order valence-electron chi connectivity index (χ3n) is 2.57. The van der Waals surface area contributed by atoms with Crippen LogP contribution in [0.5, 0.6) is 5.75 Å². The highest BCUT2D eigenvalue weighted by Gasteiger charge is 2.21. The molecule has 0 aliphatic heterocycles. The second kappa shape index (κ2) is 5.91. The smallest absolute Gasteiger partial charge is 0.434 e. The molecule has 8 heteroatoms. The Bertz CT molecular complexity index is 631. The van der Waals surface area contributed by atoms with Crippen LogP contribution in [0.25, 0.3) is 0 Å². The number of aromatic amines is 1. The second-order valence-electron chi connectivity index (χ2n) is 3.93. The van der Waals surface area contributed by atoms with Crippen molar-refractivity contribution < 1.29 is 18.7 Å². The number of aromatic nitrogens is 2. The predicted octanol–water partition coefficient (Wildman–Crippen LogP) is 0.751. The van der Waals surface area contributed by atoms with Gasteiger partial charge in [0.25, 0.3) is 5.89 Å². The molecule has 2 rings (SSSR count). The Morgan fingerprint density at radius 2 is 2.15 bits per heavy atom. The lowest BCUT2D eigenvalue weighted by Gasteiger charge is -2.12. The molecule has 0 radical (unpaired) electrons. The second-order valence-corrected chi connectivity index (χ2v) is 3.93. The van der Waals surface area contributed by atoms with Gasteiger partial charge in [0, 0.05) is 6.42 Å². The summed E-state index contributed by atoms with van der Waals surface area (Å²) in [6, 6.07) is 7.11. The lowest BCUT2D eigenvalue weighted by atomic mass is 10.1. The number of H-pyrrole nitrogens is 1. The monoisotopic (exact) mass is 279 g/mol. The van der Waals surface area contributed by atoms with E-state index >= 15 is 0 Å². The first-order valence-corrected chi connectivity index (χ1v) is 5.73. The number of benzene rings is 1. The van der Waals surface area contributed by atoms with Gasteiger partial charge in [-0.2, -0.15) is 0 Å². The van der Waals surface area contributed by atoms with E-state index < -0.39 is 18.0 Å². The zero-order valence-corrected chi connectivity index (χ0v) is 10.7. The summed E-state index contributed by atoms with van der Waals surface area (Å²) >= 11 is 0. The Morgan fingerprint density at radius 3 is 2.65 bits per heavy atom. The number of hydrogen-bond acceptors (Lipinski definition) is 6. The molecule has 106 valence electrons. The fourth-order valence-corrected chi connectivity index (χ4v) is 1.67. The van der Waals surface area contributed by atoms with Crippen LogP contribution in [0.15, 0.2) is 33.5 Å². The Kier molecular flexibility index (Phi) is 4.04. The maximum absolute atomic E-state index is 10.9. The first-order valence-electron chi connectivity index (χ1n) is 5.73. The van der Waals surface area contributed by atoms with E-state index in [1.165, 1.54) is 0 Å². The minimum atomic E-state index is -0.978. The summed E-state index contributed by atoms with van der Waals surface area (Å²) in [5.74, 6) is -0.0650. The van der Waals surface area contributed by atoms with Crippen LogP contribution in [0.4, 0.5) is 4.79 Å². The molecule has 0 spiro atoms. The van der Waals surface area contributed by atoms with E-state index in [-0.39, 0.29) is 12.3 Å². The van der Waals surface area contributed by atoms with Crippen LogP contribution in [0.3, 0.4) is 0 Å². The van der Waals surface area contributed by atoms with Crippen molar-refractivity contribution in [1.29, 1.82) is 0 Å². The largest absolute Gasteiger partial charge is 0.497 e. The molecule has 0 unspecified atom stereocenters. The topological polar surface area (TPSA) is 120 Å². The molecular formula is C12H13N3O5. The van der Waals surface area contributed by atoms with Crippen LogP contribution in [0.2, 0.25) is 0 Å². The van der Waals surface area contributed by atoms with Crippen LogP contribution in [0.1, 0.15) is 17.6 Å². The Hall–Kier alpha value is -2.77. The first kappa shape index (κ1) is 13.7. The van der Waals surface area contributed by atoms with Crippen molar-refractivity contribution >= 4 is 6.09 Å². The molecule has 1 amide bonds. The molecule has 3 N–H and O–H groups in total. The highest BCUT2D eigenvalue weighted by Crippen LogP contribution is 2.21. The normalized spacial score (nSPS) is 11.8. The van der Waals surface area contributed by atoms with E-state index in [0.29, 0.717) is 5.75 Å². The van der Waals surface area contributed by atoms with E-state index in [1.54, 1.807) is 31.4 Å². The first-order chi connectivity index (χ1) is 9.58. The number of nitrogens with two attached hydrogens (primary N) is 1. The number of nitrogens with zero attached hydrogens (tertiary/aromatic N) is 1. The van der Waals surface area contributed by atoms with Crippen molar-refractivity contribution in [2.45, 2.75) is 12.5 Å². The molecule has 20 heavy (non-hydrogen) atoms. The lowest BCUT2D eigenvalue weighted by Crippen LogP contribution is -2.19. The molecule has 2 aromatic rings. The molecule has 0 fully saturated rings. The number of nitrogens with one attached hydrogen (secondary N) is 1. The van der Waals surface area contributed by atoms with Gasteiger partial charge in [0.2, 0.25) is 0 Å². The van der Waals surface area contributed by atoms with Gasteiger partial charge in [0.15, 0.2) is 6.10 Å². The van der Waals surface area contributed by atoms with E-state index in [2.05, 4.69) is 10.2 Å².